The predicted octanol–water partition coefficient (Wildman–Crippen LogP) is 2.47. The van der Waals surface area contributed by atoms with Crippen LogP contribution in [0.2, 0.25) is 0 Å². The molecule has 0 aromatic carbocycles. The summed E-state index contributed by atoms with van der Waals surface area (Å²) in [4.78, 5) is 24.7. The van der Waals surface area contributed by atoms with Crippen LogP contribution in [0.15, 0.2) is 22.9 Å². The lowest BCUT2D eigenvalue weighted by Gasteiger charge is -2.06. The molecule has 0 atom stereocenters. The number of carbonyl (C=O) groups excluding carboxylic acids is 2. The maximum atomic E-state index is 12.5. The zero-order chi connectivity index (χ0) is 19.0. The Morgan fingerprint density at radius 2 is 1.85 bits per heavy atom. The Hall–Kier alpha value is -3.16. The van der Waals surface area contributed by atoms with Crippen LogP contribution in [-0.2, 0) is 11.8 Å². The number of ketones is 1. The van der Waals surface area contributed by atoms with Gasteiger partial charge in [-0.1, -0.05) is 5.16 Å². The van der Waals surface area contributed by atoms with Crippen LogP contribution < -0.4 is 0 Å². The topological polar surface area (TPSA) is 92.2 Å². The third-order valence-corrected chi connectivity index (χ3v) is 4.37. The van der Waals surface area contributed by atoms with Gasteiger partial charge in [0.1, 0.15) is 11.3 Å². The summed E-state index contributed by atoms with van der Waals surface area (Å²) in [5, 5.41) is 7.99. The molecule has 3 aromatic rings. The molecule has 0 aliphatic rings. The zero-order valence-corrected chi connectivity index (χ0v) is 15.4. The fourth-order valence-electron chi connectivity index (χ4n) is 2.84. The average molecular weight is 356 g/mol. The van der Waals surface area contributed by atoms with Gasteiger partial charge in [-0.3, -0.25) is 14.0 Å². The minimum atomic E-state index is -0.565. The highest BCUT2D eigenvalue weighted by Crippen LogP contribution is 2.21. The third-order valence-electron chi connectivity index (χ3n) is 4.37. The van der Waals surface area contributed by atoms with Crippen LogP contribution in [0.1, 0.15) is 43.6 Å². The monoisotopic (exact) mass is 356 g/mol. The molecule has 8 heteroatoms. The van der Waals surface area contributed by atoms with E-state index in [-0.39, 0.29) is 12.4 Å². The van der Waals surface area contributed by atoms with Crippen LogP contribution in [-0.4, -0.2) is 37.9 Å². The second kappa shape index (κ2) is 6.62. The van der Waals surface area contributed by atoms with E-state index in [0.29, 0.717) is 28.4 Å². The van der Waals surface area contributed by atoms with E-state index in [9.17, 15) is 9.59 Å². The Kier molecular flexibility index (Phi) is 4.50. The van der Waals surface area contributed by atoms with Gasteiger partial charge >= 0.3 is 5.97 Å². The molecule has 0 N–H and O–H groups in total. The fourth-order valence-corrected chi connectivity index (χ4v) is 2.84. The van der Waals surface area contributed by atoms with Crippen LogP contribution in [0.4, 0.5) is 0 Å². The van der Waals surface area contributed by atoms with Crippen molar-refractivity contribution in [3.63, 3.8) is 0 Å². The molecule has 0 bridgehead atoms. The van der Waals surface area contributed by atoms with Gasteiger partial charge in [-0.05, 0) is 33.8 Å². The molecule has 3 rings (SSSR count). The molecule has 136 valence electrons. The predicted molar refractivity (Wildman–Crippen MR) is 92.6 cm³/mol. The number of aryl methyl sites for hydroxylation is 3. The summed E-state index contributed by atoms with van der Waals surface area (Å²) < 4.78 is 13.7. The summed E-state index contributed by atoms with van der Waals surface area (Å²) in [5.74, 6) is 0.449. The number of Topliss-reactive ketones (excluding diaryl/α,β-unsaturated/α-hetero) is 1. The largest absolute Gasteiger partial charge is 0.454 e. The summed E-state index contributed by atoms with van der Waals surface area (Å²) in [5.41, 5.74) is 3.08. The van der Waals surface area contributed by atoms with E-state index in [1.807, 2.05) is 18.4 Å². The van der Waals surface area contributed by atoms with Crippen molar-refractivity contribution in [1.82, 2.24) is 19.5 Å². The minimum Gasteiger partial charge on any atom is -0.454 e. The van der Waals surface area contributed by atoms with Crippen LogP contribution in [0, 0.1) is 27.7 Å². The Labute approximate surface area is 150 Å². The molecule has 0 radical (unpaired) electrons. The number of esters is 1. The maximum absolute atomic E-state index is 12.5. The van der Waals surface area contributed by atoms with E-state index >= 15 is 0 Å². The van der Waals surface area contributed by atoms with Gasteiger partial charge in [0.2, 0.25) is 5.78 Å². The fraction of sp³-hybridized carbons (Fsp3) is 0.333. The molecular weight excluding hydrogens is 336 g/mol. The lowest BCUT2D eigenvalue weighted by molar-refractivity contribution is 0.0473. The minimum absolute atomic E-state index is 0.278. The first-order valence-corrected chi connectivity index (χ1v) is 8.11. The quantitative estimate of drug-likeness (QED) is 0.515. The van der Waals surface area contributed by atoms with Crippen LogP contribution in [0.5, 0.6) is 0 Å². The van der Waals surface area contributed by atoms with E-state index in [2.05, 4.69) is 10.3 Å². The van der Waals surface area contributed by atoms with Crippen molar-refractivity contribution in [3.05, 3.63) is 52.3 Å². The number of rotatable bonds is 5. The smallest absolute Gasteiger partial charge is 0.342 e. The van der Waals surface area contributed by atoms with Gasteiger partial charge in [0.25, 0.3) is 0 Å². The maximum Gasteiger partial charge on any atom is 0.342 e. The molecule has 0 saturated carbocycles. The van der Waals surface area contributed by atoms with Gasteiger partial charge in [0, 0.05) is 35.8 Å². The highest BCUT2D eigenvalue weighted by molar-refractivity contribution is 6.00. The van der Waals surface area contributed by atoms with Crippen molar-refractivity contribution in [3.8, 4) is 5.82 Å². The summed E-state index contributed by atoms with van der Waals surface area (Å²) in [6, 6.07) is 3.55. The molecule has 0 saturated heterocycles. The number of aromatic nitrogens is 4. The van der Waals surface area contributed by atoms with Gasteiger partial charge in [-0.2, -0.15) is 5.10 Å². The highest BCUT2D eigenvalue weighted by Gasteiger charge is 2.21. The normalized spacial score (nSPS) is 11.0. The van der Waals surface area contributed by atoms with Crippen LogP contribution in [0.3, 0.4) is 0 Å². The van der Waals surface area contributed by atoms with Gasteiger partial charge < -0.3 is 9.26 Å². The van der Waals surface area contributed by atoms with Gasteiger partial charge in [-0.15, -0.1) is 0 Å². The van der Waals surface area contributed by atoms with Crippen LogP contribution >= 0.6 is 0 Å². The van der Waals surface area contributed by atoms with E-state index in [4.69, 9.17) is 9.26 Å². The van der Waals surface area contributed by atoms with Crippen LogP contribution in [0.25, 0.3) is 5.82 Å². The highest BCUT2D eigenvalue weighted by atomic mass is 16.5. The molecule has 3 heterocycles. The second-order valence-electron chi connectivity index (χ2n) is 6.18. The molecule has 0 amide bonds. The Morgan fingerprint density at radius 1 is 1.12 bits per heavy atom. The summed E-state index contributed by atoms with van der Waals surface area (Å²) in [7, 11) is 1.73. The average Bonchev–Trinajstić information content (AvgIpc) is 3.24. The van der Waals surface area contributed by atoms with Crippen molar-refractivity contribution in [1.29, 1.82) is 0 Å². The van der Waals surface area contributed by atoms with E-state index < -0.39 is 5.97 Å². The first-order chi connectivity index (χ1) is 12.3. The second-order valence-corrected chi connectivity index (χ2v) is 6.18. The van der Waals surface area contributed by atoms with E-state index in [1.165, 1.54) is 6.20 Å². The Bertz CT molecular complexity index is 993. The van der Waals surface area contributed by atoms with Crippen molar-refractivity contribution < 1.29 is 18.8 Å². The standard InChI is InChI=1S/C18H20N4O4/c1-10-6-14(13(4)22(10)17-7-11(2)26-20-17)16(23)9-25-18(24)15-8-19-21(5)12(15)3/h6-8H,9H2,1-5H3. The molecule has 0 aliphatic carbocycles. The Balaban J connectivity index is 1.76. The molecule has 0 fully saturated rings. The van der Waals surface area contributed by atoms with Gasteiger partial charge in [0.15, 0.2) is 12.4 Å². The molecular formula is C18H20N4O4. The molecule has 0 spiro atoms. The summed E-state index contributed by atoms with van der Waals surface area (Å²) in [6.45, 7) is 6.92. The SMILES string of the molecule is Cc1cc(-n2c(C)cc(C(=O)COC(=O)c3cnn(C)c3C)c2C)no1. The lowest BCUT2D eigenvalue weighted by atomic mass is 10.1. The number of carbonyl (C=O) groups is 2. The van der Waals surface area contributed by atoms with Crippen molar-refractivity contribution in [2.45, 2.75) is 27.7 Å². The summed E-state index contributed by atoms with van der Waals surface area (Å²) in [6.07, 6.45) is 1.43. The number of hydrogen-bond acceptors (Lipinski definition) is 6. The molecule has 3 aromatic heterocycles. The van der Waals surface area contributed by atoms with Crippen molar-refractivity contribution >= 4 is 11.8 Å². The molecule has 26 heavy (non-hydrogen) atoms. The lowest BCUT2D eigenvalue weighted by Crippen LogP contribution is -2.15. The molecule has 8 nitrogen and oxygen atoms in total. The number of nitrogens with zero attached hydrogens (tertiary/aromatic N) is 4. The first-order valence-electron chi connectivity index (χ1n) is 8.11. The van der Waals surface area contributed by atoms with E-state index in [0.717, 1.165) is 11.4 Å². The molecule has 0 unspecified atom stereocenters. The van der Waals surface area contributed by atoms with Crippen molar-refractivity contribution in [2.75, 3.05) is 6.61 Å². The molecule has 0 aliphatic heterocycles. The Morgan fingerprint density at radius 3 is 2.42 bits per heavy atom. The number of hydrogen-bond donors (Lipinski definition) is 0. The van der Waals surface area contributed by atoms with Crippen molar-refractivity contribution in [2.24, 2.45) is 7.05 Å². The zero-order valence-electron chi connectivity index (χ0n) is 15.4. The first kappa shape index (κ1) is 17.7. The van der Waals surface area contributed by atoms with Gasteiger partial charge in [-0.25, -0.2) is 4.79 Å². The number of ether oxygens (including phenoxy) is 1. The summed E-state index contributed by atoms with van der Waals surface area (Å²) >= 11 is 0. The van der Waals surface area contributed by atoms with E-state index in [1.54, 1.807) is 37.7 Å². The van der Waals surface area contributed by atoms with Gasteiger partial charge in [0.05, 0.1) is 6.20 Å². The third kappa shape index (κ3) is 3.05.